The molecule has 94 valence electrons. The molecular weight excluding hydrogens is 241 g/mol. The molecule has 1 fully saturated rings. The molecule has 1 unspecified atom stereocenters. The Labute approximate surface area is 106 Å². The van der Waals surface area contributed by atoms with Crippen LogP contribution in [-0.2, 0) is 0 Å². The summed E-state index contributed by atoms with van der Waals surface area (Å²) >= 11 is 6.00. The first-order valence-corrected chi connectivity index (χ1v) is 6.40. The Kier molecular flexibility index (Phi) is 4.37. The summed E-state index contributed by atoms with van der Waals surface area (Å²) in [7, 11) is 0. The zero-order valence-corrected chi connectivity index (χ0v) is 10.4. The minimum absolute atomic E-state index is 0.0259. The van der Waals surface area contributed by atoms with Gasteiger partial charge in [0.2, 0.25) is 0 Å². The number of nitrogens with one attached hydrogen (secondary N) is 1. The van der Waals surface area contributed by atoms with Gasteiger partial charge in [-0.15, -0.1) is 0 Å². The second-order valence-corrected chi connectivity index (χ2v) is 4.96. The Bertz CT molecular complexity index is 380. The number of rotatable bonds is 4. The fourth-order valence-corrected chi connectivity index (χ4v) is 2.70. The summed E-state index contributed by atoms with van der Waals surface area (Å²) < 4.78 is 13.0. The van der Waals surface area contributed by atoms with Crippen LogP contribution in [0.4, 0.5) is 4.39 Å². The fraction of sp³-hybridized carbons (Fsp3) is 0.538. The van der Waals surface area contributed by atoms with Gasteiger partial charge in [0.15, 0.2) is 0 Å². The van der Waals surface area contributed by atoms with Crippen LogP contribution in [0.5, 0.6) is 0 Å². The van der Waals surface area contributed by atoms with E-state index >= 15 is 0 Å². The lowest BCUT2D eigenvalue weighted by Crippen LogP contribution is -2.32. The van der Waals surface area contributed by atoms with Crippen molar-refractivity contribution >= 4 is 11.6 Å². The first-order chi connectivity index (χ1) is 8.20. The van der Waals surface area contributed by atoms with E-state index in [-0.39, 0.29) is 18.5 Å². The first-order valence-electron chi connectivity index (χ1n) is 6.02. The Morgan fingerprint density at radius 2 is 2.12 bits per heavy atom. The van der Waals surface area contributed by atoms with Crippen molar-refractivity contribution in [3.05, 3.63) is 34.6 Å². The molecule has 0 spiro atoms. The van der Waals surface area contributed by atoms with Crippen LogP contribution in [0.2, 0.25) is 5.02 Å². The summed E-state index contributed by atoms with van der Waals surface area (Å²) in [4.78, 5) is 0. The average molecular weight is 258 g/mol. The highest BCUT2D eigenvalue weighted by molar-refractivity contribution is 6.31. The van der Waals surface area contributed by atoms with E-state index in [4.69, 9.17) is 11.6 Å². The molecule has 0 bridgehead atoms. The molecule has 0 heterocycles. The smallest absolute Gasteiger partial charge is 0.124 e. The van der Waals surface area contributed by atoms with Gasteiger partial charge in [-0.1, -0.05) is 30.5 Å². The maximum absolute atomic E-state index is 13.0. The minimum Gasteiger partial charge on any atom is -0.394 e. The van der Waals surface area contributed by atoms with E-state index in [2.05, 4.69) is 5.32 Å². The molecular formula is C13H17ClFNO. The van der Waals surface area contributed by atoms with Crippen molar-refractivity contribution < 1.29 is 9.50 Å². The van der Waals surface area contributed by atoms with Gasteiger partial charge >= 0.3 is 0 Å². The number of aliphatic hydroxyl groups excluding tert-OH is 1. The molecule has 2 N–H and O–H groups in total. The SMILES string of the molecule is OCC(NC1CCCC1)c1ccc(F)cc1Cl. The molecule has 1 aliphatic rings. The van der Waals surface area contributed by atoms with Gasteiger partial charge in [-0.3, -0.25) is 0 Å². The van der Waals surface area contributed by atoms with Crippen LogP contribution in [0.3, 0.4) is 0 Å². The highest BCUT2D eigenvalue weighted by atomic mass is 35.5. The third-order valence-corrected chi connectivity index (χ3v) is 3.64. The number of aliphatic hydroxyl groups is 1. The molecule has 0 aliphatic heterocycles. The van der Waals surface area contributed by atoms with Gasteiger partial charge in [0.1, 0.15) is 5.82 Å². The summed E-state index contributed by atoms with van der Waals surface area (Å²) in [5, 5.41) is 13.2. The van der Waals surface area contributed by atoms with Gasteiger partial charge in [-0.2, -0.15) is 0 Å². The van der Waals surface area contributed by atoms with Crippen molar-refractivity contribution in [2.75, 3.05) is 6.61 Å². The van der Waals surface area contributed by atoms with Crippen molar-refractivity contribution in [1.82, 2.24) is 5.32 Å². The number of hydrogen-bond donors (Lipinski definition) is 2. The predicted octanol–water partition coefficient (Wildman–Crippen LogP) is 3.04. The second-order valence-electron chi connectivity index (χ2n) is 4.55. The van der Waals surface area contributed by atoms with E-state index in [1.54, 1.807) is 6.07 Å². The van der Waals surface area contributed by atoms with Gasteiger partial charge in [-0.25, -0.2) is 4.39 Å². The lowest BCUT2D eigenvalue weighted by Gasteiger charge is -2.22. The summed E-state index contributed by atoms with van der Waals surface area (Å²) in [5.41, 5.74) is 0.766. The number of halogens is 2. The van der Waals surface area contributed by atoms with Crippen LogP contribution in [0, 0.1) is 5.82 Å². The topological polar surface area (TPSA) is 32.3 Å². The molecule has 0 aromatic heterocycles. The van der Waals surface area contributed by atoms with E-state index in [0.717, 1.165) is 18.4 Å². The molecule has 0 amide bonds. The van der Waals surface area contributed by atoms with Gasteiger partial charge < -0.3 is 10.4 Å². The minimum atomic E-state index is -0.351. The lowest BCUT2D eigenvalue weighted by atomic mass is 10.1. The van der Waals surface area contributed by atoms with Gasteiger partial charge in [-0.05, 0) is 30.5 Å². The van der Waals surface area contributed by atoms with Gasteiger partial charge in [0, 0.05) is 11.1 Å². The number of benzene rings is 1. The highest BCUT2D eigenvalue weighted by Crippen LogP contribution is 2.26. The molecule has 1 saturated carbocycles. The van der Waals surface area contributed by atoms with Crippen LogP contribution < -0.4 is 5.32 Å². The van der Waals surface area contributed by atoms with Gasteiger partial charge in [0.25, 0.3) is 0 Å². The molecule has 2 rings (SSSR count). The molecule has 1 aromatic rings. The van der Waals surface area contributed by atoms with Crippen molar-refractivity contribution in [3.8, 4) is 0 Å². The molecule has 1 atom stereocenters. The van der Waals surface area contributed by atoms with E-state index in [9.17, 15) is 9.50 Å². The molecule has 17 heavy (non-hydrogen) atoms. The summed E-state index contributed by atoms with van der Waals surface area (Å²) in [6.45, 7) is -0.0259. The Morgan fingerprint density at radius 1 is 1.41 bits per heavy atom. The van der Waals surface area contributed by atoms with Crippen LogP contribution >= 0.6 is 11.6 Å². The standard InChI is InChI=1S/C13H17ClFNO/c14-12-7-9(15)5-6-11(12)13(8-17)16-10-3-1-2-4-10/h5-7,10,13,16-17H,1-4,8H2. The van der Waals surface area contributed by atoms with Gasteiger partial charge in [0.05, 0.1) is 12.6 Å². The maximum Gasteiger partial charge on any atom is 0.124 e. The normalized spacial score (nSPS) is 18.5. The maximum atomic E-state index is 13.0. The van der Waals surface area contributed by atoms with Crippen molar-refractivity contribution in [2.45, 2.75) is 37.8 Å². The monoisotopic (exact) mass is 257 g/mol. The largest absolute Gasteiger partial charge is 0.394 e. The van der Waals surface area contributed by atoms with Crippen molar-refractivity contribution in [1.29, 1.82) is 0 Å². The van der Waals surface area contributed by atoms with Crippen molar-refractivity contribution in [3.63, 3.8) is 0 Å². The van der Waals surface area contributed by atoms with Crippen molar-refractivity contribution in [2.24, 2.45) is 0 Å². The zero-order valence-electron chi connectivity index (χ0n) is 9.63. The zero-order chi connectivity index (χ0) is 12.3. The Hall–Kier alpha value is -0.640. The molecule has 1 aliphatic carbocycles. The molecule has 4 heteroatoms. The van der Waals surface area contributed by atoms with E-state index in [0.29, 0.717) is 11.1 Å². The average Bonchev–Trinajstić information content (AvgIpc) is 2.79. The predicted molar refractivity (Wildman–Crippen MR) is 66.6 cm³/mol. The molecule has 0 saturated heterocycles. The first kappa shape index (κ1) is 12.8. The summed E-state index contributed by atoms with van der Waals surface area (Å²) in [6, 6.07) is 4.54. The fourth-order valence-electron chi connectivity index (χ4n) is 2.40. The Balaban J connectivity index is 2.10. The summed E-state index contributed by atoms with van der Waals surface area (Å²) in [6.07, 6.45) is 4.73. The quantitative estimate of drug-likeness (QED) is 0.869. The molecule has 0 radical (unpaired) electrons. The molecule has 1 aromatic carbocycles. The van der Waals surface area contributed by atoms with E-state index in [1.807, 2.05) is 0 Å². The third kappa shape index (κ3) is 3.18. The molecule has 2 nitrogen and oxygen atoms in total. The summed E-state index contributed by atoms with van der Waals surface area (Å²) in [5.74, 6) is -0.351. The highest BCUT2D eigenvalue weighted by Gasteiger charge is 2.21. The van der Waals surface area contributed by atoms with E-state index < -0.39 is 0 Å². The van der Waals surface area contributed by atoms with Crippen LogP contribution in [0.15, 0.2) is 18.2 Å². The second kappa shape index (κ2) is 5.80. The van der Waals surface area contributed by atoms with Crippen LogP contribution in [-0.4, -0.2) is 17.8 Å². The number of hydrogen-bond acceptors (Lipinski definition) is 2. The van der Waals surface area contributed by atoms with Crippen LogP contribution in [0.1, 0.15) is 37.3 Å². The third-order valence-electron chi connectivity index (χ3n) is 3.31. The van der Waals surface area contributed by atoms with Crippen LogP contribution in [0.25, 0.3) is 0 Å². The lowest BCUT2D eigenvalue weighted by molar-refractivity contribution is 0.233. The van der Waals surface area contributed by atoms with E-state index in [1.165, 1.54) is 25.0 Å². The Morgan fingerprint density at radius 3 is 2.71 bits per heavy atom.